The maximum atomic E-state index is 13.3. The minimum absolute atomic E-state index is 0.0903. The number of carbonyl (C=O) groups is 2. The molecule has 2 aromatic rings. The number of phenolic OH excluding ortho intramolecular Hbond substituents is 2. The molecule has 8 heteroatoms. The van der Waals surface area contributed by atoms with Gasteiger partial charge in [-0.15, -0.1) is 0 Å². The average Bonchev–Trinajstić information content (AvgIpc) is 2.85. The van der Waals surface area contributed by atoms with E-state index in [-0.39, 0.29) is 24.7 Å². The number of hydrogen-bond donors (Lipinski definition) is 2. The summed E-state index contributed by atoms with van der Waals surface area (Å²) in [5, 5.41) is 19.5. The van der Waals surface area contributed by atoms with Crippen molar-refractivity contribution in [3.8, 4) is 11.5 Å². The van der Waals surface area contributed by atoms with Crippen molar-refractivity contribution < 1.29 is 38.7 Å². The first-order chi connectivity index (χ1) is 17.5. The zero-order valence-electron chi connectivity index (χ0n) is 20.9. The summed E-state index contributed by atoms with van der Waals surface area (Å²) in [6.45, 7) is 5.99. The molecule has 0 heterocycles. The molecule has 0 spiro atoms. The van der Waals surface area contributed by atoms with Crippen LogP contribution < -0.4 is 0 Å². The first-order valence-corrected chi connectivity index (χ1v) is 12.5. The van der Waals surface area contributed by atoms with Gasteiger partial charge in [-0.05, 0) is 48.2 Å². The molecule has 0 atom stereocenters. The standard InChI is InChI=1S/C28H36O8/c1-3-13-33-15-17-35-27(31)25-23(19-5-9-21(29)10-6-19)26(28(32)36-18-16-34-14-4-2)24(25)20-7-11-22(30)12-8-20/h5-12,23-26,29-30H,3-4,13-18H2,1-2H3. The minimum Gasteiger partial charge on any atom is -0.508 e. The average molecular weight is 501 g/mol. The van der Waals surface area contributed by atoms with Gasteiger partial charge in [-0.25, -0.2) is 0 Å². The Bertz CT molecular complexity index is 869. The van der Waals surface area contributed by atoms with Crippen LogP contribution in [0.3, 0.4) is 0 Å². The third kappa shape index (κ3) is 6.98. The van der Waals surface area contributed by atoms with Crippen LogP contribution in [0.1, 0.15) is 49.7 Å². The molecule has 2 N–H and O–H groups in total. The van der Waals surface area contributed by atoms with Crippen LogP contribution in [0, 0.1) is 11.8 Å². The van der Waals surface area contributed by atoms with E-state index in [9.17, 15) is 19.8 Å². The normalized spacial score (nSPS) is 20.9. The van der Waals surface area contributed by atoms with Gasteiger partial charge in [0.15, 0.2) is 0 Å². The second-order valence-electron chi connectivity index (χ2n) is 8.85. The predicted octanol–water partition coefficient (Wildman–Crippen LogP) is 4.15. The molecule has 196 valence electrons. The van der Waals surface area contributed by atoms with E-state index in [0.717, 1.165) is 24.0 Å². The maximum absolute atomic E-state index is 13.3. The number of aromatic hydroxyl groups is 2. The Kier molecular flexibility index (Phi) is 10.6. The minimum atomic E-state index is -0.654. The molecule has 0 amide bonds. The second kappa shape index (κ2) is 13.8. The molecule has 8 nitrogen and oxygen atoms in total. The van der Waals surface area contributed by atoms with Crippen molar-refractivity contribution >= 4 is 11.9 Å². The van der Waals surface area contributed by atoms with Crippen LogP contribution in [0.4, 0.5) is 0 Å². The number of ether oxygens (including phenoxy) is 4. The zero-order chi connectivity index (χ0) is 25.9. The van der Waals surface area contributed by atoms with Crippen LogP contribution >= 0.6 is 0 Å². The summed E-state index contributed by atoms with van der Waals surface area (Å²) < 4.78 is 22.0. The van der Waals surface area contributed by atoms with Gasteiger partial charge in [0.2, 0.25) is 0 Å². The molecular formula is C28H36O8. The molecule has 1 fully saturated rings. The van der Waals surface area contributed by atoms with Crippen molar-refractivity contribution in [3.63, 3.8) is 0 Å². The van der Waals surface area contributed by atoms with Crippen LogP contribution in [-0.4, -0.2) is 61.8 Å². The highest BCUT2D eigenvalue weighted by molar-refractivity contribution is 5.85. The second-order valence-corrected chi connectivity index (χ2v) is 8.85. The molecule has 1 aliphatic carbocycles. The van der Waals surface area contributed by atoms with Crippen LogP contribution in [0.2, 0.25) is 0 Å². The Morgan fingerprint density at radius 3 is 1.31 bits per heavy atom. The van der Waals surface area contributed by atoms with Crippen LogP contribution in [0.15, 0.2) is 48.5 Å². The molecule has 0 bridgehead atoms. The van der Waals surface area contributed by atoms with Crippen molar-refractivity contribution in [2.24, 2.45) is 11.8 Å². The Hall–Kier alpha value is -3.10. The molecule has 3 rings (SSSR count). The van der Waals surface area contributed by atoms with Gasteiger partial charge < -0.3 is 29.2 Å². The van der Waals surface area contributed by atoms with E-state index >= 15 is 0 Å². The summed E-state index contributed by atoms with van der Waals surface area (Å²) >= 11 is 0. The number of rotatable bonds is 14. The van der Waals surface area contributed by atoms with Gasteiger partial charge in [0, 0.05) is 25.0 Å². The van der Waals surface area contributed by atoms with Gasteiger partial charge in [0.25, 0.3) is 0 Å². The molecule has 0 unspecified atom stereocenters. The highest BCUT2D eigenvalue weighted by atomic mass is 16.6. The molecule has 0 aliphatic heterocycles. The Balaban J connectivity index is 1.86. The molecule has 1 aliphatic rings. The monoisotopic (exact) mass is 500 g/mol. The van der Waals surface area contributed by atoms with Crippen molar-refractivity contribution in [1.29, 1.82) is 0 Å². The number of phenols is 2. The molecule has 0 radical (unpaired) electrons. The number of hydrogen-bond acceptors (Lipinski definition) is 8. The fourth-order valence-corrected chi connectivity index (χ4v) is 4.64. The fraction of sp³-hybridized carbons (Fsp3) is 0.500. The molecule has 0 aromatic heterocycles. The van der Waals surface area contributed by atoms with Gasteiger partial charge in [0.1, 0.15) is 24.7 Å². The fourth-order valence-electron chi connectivity index (χ4n) is 4.64. The summed E-state index contributed by atoms with van der Waals surface area (Å²) in [5.41, 5.74) is 1.47. The quantitative estimate of drug-likeness (QED) is 0.294. The molecule has 36 heavy (non-hydrogen) atoms. The van der Waals surface area contributed by atoms with E-state index in [2.05, 4.69) is 0 Å². The predicted molar refractivity (Wildman–Crippen MR) is 133 cm³/mol. The maximum Gasteiger partial charge on any atom is 0.310 e. The number of carbonyl (C=O) groups excluding carboxylic acids is 2. The van der Waals surface area contributed by atoms with E-state index in [1.54, 1.807) is 24.3 Å². The lowest BCUT2D eigenvalue weighted by molar-refractivity contribution is -0.169. The third-order valence-corrected chi connectivity index (χ3v) is 6.29. The third-order valence-electron chi connectivity index (χ3n) is 6.29. The van der Waals surface area contributed by atoms with Gasteiger partial charge in [-0.3, -0.25) is 9.59 Å². The Morgan fingerprint density at radius 2 is 0.972 bits per heavy atom. The smallest absolute Gasteiger partial charge is 0.310 e. The van der Waals surface area contributed by atoms with Crippen molar-refractivity contribution in [3.05, 3.63) is 59.7 Å². The largest absolute Gasteiger partial charge is 0.508 e. The molecule has 2 aromatic carbocycles. The van der Waals surface area contributed by atoms with Crippen LogP contribution in [0.25, 0.3) is 0 Å². The van der Waals surface area contributed by atoms with Crippen molar-refractivity contribution in [2.45, 2.75) is 38.5 Å². The first kappa shape index (κ1) is 27.5. The summed E-state index contributed by atoms with van der Waals surface area (Å²) in [6.07, 6.45) is 1.74. The first-order valence-electron chi connectivity index (χ1n) is 12.5. The zero-order valence-corrected chi connectivity index (χ0v) is 20.9. The summed E-state index contributed by atoms with van der Waals surface area (Å²) in [7, 11) is 0. The summed E-state index contributed by atoms with van der Waals surface area (Å²) in [5.74, 6) is -2.99. The van der Waals surface area contributed by atoms with E-state index in [4.69, 9.17) is 18.9 Å². The number of esters is 2. The topological polar surface area (TPSA) is 112 Å². The van der Waals surface area contributed by atoms with Gasteiger partial charge in [0.05, 0.1) is 25.0 Å². The molecular weight excluding hydrogens is 464 g/mol. The van der Waals surface area contributed by atoms with Crippen molar-refractivity contribution in [1.82, 2.24) is 0 Å². The van der Waals surface area contributed by atoms with Gasteiger partial charge in [-0.1, -0.05) is 38.1 Å². The lowest BCUT2D eigenvalue weighted by atomic mass is 9.52. The van der Waals surface area contributed by atoms with Crippen LogP contribution in [-0.2, 0) is 28.5 Å². The van der Waals surface area contributed by atoms with E-state index < -0.39 is 35.6 Å². The summed E-state index contributed by atoms with van der Waals surface area (Å²) in [4.78, 5) is 26.6. The lowest BCUT2D eigenvalue weighted by Crippen LogP contribution is -2.52. The lowest BCUT2D eigenvalue weighted by Gasteiger charge is -2.49. The van der Waals surface area contributed by atoms with Crippen molar-refractivity contribution in [2.75, 3.05) is 39.6 Å². The Labute approximate surface area is 212 Å². The van der Waals surface area contributed by atoms with Gasteiger partial charge in [-0.2, -0.15) is 0 Å². The van der Waals surface area contributed by atoms with E-state index in [1.165, 1.54) is 24.3 Å². The van der Waals surface area contributed by atoms with Gasteiger partial charge >= 0.3 is 11.9 Å². The van der Waals surface area contributed by atoms with Crippen LogP contribution in [0.5, 0.6) is 11.5 Å². The highest BCUT2D eigenvalue weighted by Gasteiger charge is 2.59. The Morgan fingerprint density at radius 1 is 0.611 bits per heavy atom. The SMILES string of the molecule is CCCOCCOC(=O)C1C(c2ccc(O)cc2)C(C(=O)OCCOCCC)C1c1ccc(O)cc1. The van der Waals surface area contributed by atoms with E-state index in [0.29, 0.717) is 26.4 Å². The number of benzene rings is 2. The molecule has 0 saturated heterocycles. The summed E-state index contributed by atoms with van der Waals surface area (Å²) in [6, 6.07) is 13.0. The highest BCUT2D eigenvalue weighted by Crippen LogP contribution is 2.58. The van der Waals surface area contributed by atoms with E-state index in [1.807, 2.05) is 13.8 Å². The molecule has 1 saturated carbocycles.